The number of aromatic nitrogens is 1. The van der Waals surface area contributed by atoms with Crippen molar-refractivity contribution in [2.45, 2.75) is 13.3 Å². The molecule has 2 heterocycles. The first-order valence-corrected chi connectivity index (χ1v) is 7.07. The van der Waals surface area contributed by atoms with Crippen LogP contribution in [0.3, 0.4) is 0 Å². The molecule has 0 radical (unpaired) electrons. The number of hydrogen-bond donors (Lipinski definition) is 2. The van der Waals surface area contributed by atoms with E-state index in [0.717, 1.165) is 28.8 Å². The number of nitrogen functional groups attached to an aromatic ring is 1. The van der Waals surface area contributed by atoms with Gasteiger partial charge in [-0.2, -0.15) is 11.3 Å². The lowest BCUT2D eigenvalue weighted by molar-refractivity contribution is 1.01. The van der Waals surface area contributed by atoms with E-state index in [1.165, 1.54) is 5.56 Å². The molecule has 0 spiro atoms. The smallest absolute Gasteiger partial charge is 0.140 e. The number of rotatable bonds is 4. The van der Waals surface area contributed by atoms with Crippen molar-refractivity contribution in [1.29, 1.82) is 0 Å². The average molecular weight is 312 g/mol. The van der Waals surface area contributed by atoms with Gasteiger partial charge in [0.1, 0.15) is 5.82 Å². The lowest BCUT2D eigenvalue weighted by atomic mass is 10.2. The van der Waals surface area contributed by atoms with Gasteiger partial charge in [-0.3, -0.25) is 0 Å². The Bertz CT molecular complexity index is 497. The zero-order valence-corrected chi connectivity index (χ0v) is 11.9. The zero-order valence-electron chi connectivity index (χ0n) is 9.53. The molecule has 2 rings (SSSR count). The van der Waals surface area contributed by atoms with Gasteiger partial charge in [0.25, 0.3) is 0 Å². The van der Waals surface area contributed by atoms with Crippen molar-refractivity contribution in [1.82, 2.24) is 4.98 Å². The van der Waals surface area contributed by atoms with Crippen LogP contribution in [0.1, 0.15) is 11.1 Å². The van der Waals surface area contributed by atoms with Gasteiger partial charge in [0.05, 0.1) is 16.4 Å². The Morgan fingerprint density at radius 1 is 1.53 bits per heavy atom. The standard InChI is InChI=1S/C12H14BrN3S/c1-8-10(14)6-16-12(11(8)13)15-4-2-9-3-5-17-7-9/h3,5-7H,2,4,14H2,1H3,(H,15,16). The van der Waals surface area contributed by atoms with Crippen LogP contribution in [0, 0.1) is 6.92 Å². The second-order valence-electron chi connectivity index (χ2n) is 3.81. The summed E-state index contributed by atoms with van der Waals surface area (Å²) in [5.41, 5.74) is 8.86. The van der Waals surface area contributed by atoms with E-state index in [9.17, 15) is 0 Å². The van der Waals surface area contributed by atoms with E-state index in [0.29, 0.717) is 5.69 Å². The summed E-state index contributed by atoms with van der Waals surface area (Å²) in [6.45, 7) is 2.84. The van der Waals surface area contributed by atoms with Crippen molar-refractivity contribution in [3.63, 3.8) is 0 Å². The Labute approximate surface area is 113 Å². The summed E-state index contributed by atoms with van der Waals surface area (Å²) in [7, 11) is 0. The lowest BCUT2D eigenvalue weighted by Crippen LogP contribution is -2.07. The molecular weight excluding hydrogens is 298 g/mol. The Balaban J connectivity index is 1.97. The third-order valence-electron chi connectivity index (χ3n) is 2.59. The Morgan fingerprint density at radius 3 is 3.06 bits per heavy atom. The molecule has 17 heavy (non-hydrogen) atoms. The molecule has 2 aromatic heterocycles. The van der Waals surface area contributed by atoms with Crippen molar-refractivity contribution in [2.24, 2.45) is 0 Å². The highest BCUT2D eigenvalue weighted by Gasteiger charge is 2.06. The van der Waals surface area contributed by atoms with Gasteiger partial charge in [-0.15, -0.1) is 0 Å². The van der Waals surface area contributed by atoms with Crippen molar-refractivity contribution < 1.29 is 0 Å². The second-order valence-corrected chi connectivity index (χ2v) is 5.38. The Kier molecular flexibility index (Phi) is 4.02. The Hall–Kier alpha value is -1.07. The number of halogens is 1. The largest absolute Gasteiger partial charge is 0.397 e. The van der Waals surface area contributed by atoms with Crippen LogP contribution in [0.5, 0.6) is 0 Å². The molecule has 0 aliphatic rings. The predicted octanol–water partition coefficient (Wildman–Crippen LogP) is 3.45. The molecule has 0 unspecified atom stereocenters. The van der Waals surface area contributed by atoms with Gasteiger partial charge in [-0.1, -0.05) is 0 Å². The molecule has 3 nitrogen and oxygen atoms in total. The summed E-state index contributed by atoms with van der Waals surface area (Å²) in [6, 6.07) is 2.14. The molecule has 0 fully saturated rings. The zero-order chi connectivity index (χ0) is 12.3. The van der Waals surface area contributed by atoms with Crippen molar-refractivity contribution >= 4 is 38.8 Å². The molecule has 0 atom stereocenters. The van der Waals surface area contributed by atoms with E-state index in [4.69, 9.17) is 5.73 Å². The second kappa shape index (κ2) is 5.51. The third-order valence-corrected chi connectivity index (χ3v) is 4.29. The fourth-order valence-electron chi connectivity index (χ4n) is 1.48. The number of pyridine rings is 1. The molecule has 0 aliphatic carbocycles. The van der Waals surface area contributed by atoms with Crippen LogP contribution in [0.4, 0.5) is 11.5 Å². The molecular formula is C12H14BrN3S. The summed E-state index contributed by atoms with van der Waals surface area (Å²) in [6.07, 6.45) is 2.69. The number of anilines is 2. The summed E-state index contributed by atoms with van der Waals surface area (Å²) >= 11 is 5.23. The summed E-state index contributed by atoms with van der Waals surface area (Å²) < 4.78 is 0.947. The maximum atomic E-state index is 5.78. The van der Waals surface area contributed by atoms with Gasteiger partial charge >= 0.3 is 0 Å². The van der Waals surface area contributed by atoms with Crippen LogP contribution in [-0.2, 0) is 6.42 Å². The molecule has 90 valence electrons. The van der Waals surface area contributed by atoms with Gasteiger partial charge in [0.2, 0.25) is 0 Å². The lowest BCUT2D eigenvalue weighted by Gasteiger charge is -2.10. The highest BCUT2D eigenvalue weighted by molar-refractivity contribution is 9.10. The molecule has 3 N–H and O–H groups in total. The van der Waals surface area contributed by atoms with Crippen LogP contribution in [0.15, 0.2) is 27.5 Å². The summed E-state index contributed by atoms with van der Waals surface area (Å²) in [5.74, 6) is 0.854. The van der Waals surface area contributed by atoms with Gasteiger partial charge in [-0.25, -0.2) is 4.98 Å². The van der Waals surface area contributed by atoms with Gasteiger partial charge in [0, 0.05) is 6.54 Å². The normalized spacial score (nSPS) is 10.5. The van der Waals surface area contributed by atoms with Gasteiger partial charge in [0.15, 0.2) is 0 Å². The van der Waals surface area contributed by atoms with Crippen LogP contribution in [0.2, 0.25) is 0 Å². The quantitative estimate of drug-likeness (QED) is 0.909. The fraction of sp³-hybridized carbons (Fsp3) is 0.250. The number of nitrogens with zero attached hydrogens (tertiary/aromatic N) is 1. The van der Waals surface area contributed by atoms with Gasteiger partial charge < -0.3 is 11.1 Å². The first-order chi connectivity index (χ1) is 8.18. The van der Waals surface area contributed by atoms with Gasteiger partial charge in [-0.05, 0) is 57.2 Å². The fourth-order valence-corrected chi connectivity index (χ4v) is 2.65. The van der Waals surface area contributed by atoms with Crippen LogP contribution in [-0.4, -0.2) is 11.5 Å². The maximum Gasteiger partial charge on any atom is 0.140 e. The van der Waals surface area contributed by atoms with Crippen LogP contribution in [0.25, 0.3) is 0 Å². The van der Waals surface area contributed by atoms with Crippen molar-refractivity contribution in [2.75, 3.05) is 17.6 Å². The molecule has 0 aliphatic heterocycles. The minimum Gasteiger partial charge on any atom is -0.397 e. The minimum absolute atomic E-state index is 0.709. The average Bonchev–Trinajstić information content (AvgIpc) is 2.82. The SMILES string of the molecule is Cc1c(N)cnc(NCCc2ccsc2)c1Br. The topological polar surface area (TPSA) is 50.9 Å². The van der Waals surface area contributed by atoms with E-state index in [2.05, 4.69) is 43.1 Å². The third kappa shape index (κ3) is 2.98. The first-order valence-electron chi connectivity index (χ1n) is 5.34. The Morgan fingerprint density at radius 2 is 2.35 bits per heavy atom. The molecule has 0 bridgehead atoms. The molecule has 0 saturated carbocycles. The summed E-state index contributed by atoms with van der Waals surface area (Å²) in [4.78, 5) is 4.28. The van der Waals surface area contributed by atoms with Crippen LogP contribution >= 0.6 is 27.3 Å². The molecule has 2 aromatic rings. The maximum absolute atomic E-state index is 5.78. The number of thiophene rings is 1. The van der Waals surface area contributed by atoms with E-state index in [1.54, 1.807) is 17.5 Å². The highest BCUT2D eigenvalue weighted by atomic mass is 79.9. The molecule has 0 aromatic carbocycles. The highest BCUT2D eigenvalue weighted by Crippen LogP contribution is 2.27. The molecule has 0 amide bonds. The van der Waals surface area contributed by atoms with E-state index >= 15 is 0 Å². The monoisotopic (exact) mass is 311 g/mol. The van der Waals surface area contributed by atoms with E-state index in [-0.39, 0.29) is 0 Å². The molecule has 5 heteroatoms. The van der Waals surface area contributed by atoms with E-state index in [1.807, 2.05) is 6.92 Å². The summed E-state index contributed by atoms with van der Waals surface area (Å²) in [5, 5.41) is 7.57. The predicted molar refractivity (Wildman–Crippen MR) is 77.6 cm³/mol. The van der Waals surface area contributed by atoms with Crippen LogP contribution < -0.4 is 11.1 Å². The molecule has 0 saturated heterocycles. The first kappa shape index (κ1) is 12.4. The van der Waals surface area contributed by atoms with Crippen molar-refractivity contribution in [3.8, 4) is 0 Å². The number of nitrogens with one attached hydrogen (secondary N) is 1. The minimum atomic E-state index is 0.709. The van der Waals surface area contributed by atoms with Crippen molar-refractivity contribution in [3.05, 3.63) is 38.6 Å². The number of nitrogens with two attached hydrogens (primary N) is 1. The number of hydrogen-bond acceptors (Lipinski definition) is 4. The van der Waals surface area contributed by atoms with E-state index < -0.39 is 0 Å².